The number of aromatic nitrogens is 4. The van der Waals surface area contributed by atoms with E-state index in [2.05, 4.69) is 10.2 Å². The molecule has 9 heteroatoms. The van der Waals surface area contributed by atoms with Crippen molar-refractivity contribution < 1.29 is 23.8 Å². The number of esters is 2. The summed E-state index contributed by atoms with van der Waals surface area (Å²) in [6.07, 6.45) is 1.55. The van der Waals surface area contributed by atoms with Gasteiger partial charge in [0.05, 0.1) is 11.9 Å². The van der Waals surface area contributed by atoms with Crippen molar-refractivity contribution in [3.8, 4) is 11.3 Å². The van der Waals surface area contributed by atoms with Crippen LogP contribution < -0.4 is 4.73 Å². The van der Waals surface area contributed by atoms with Gasteiger partial charge in [-0.15, -0.1) is 0 Å². The minimum absolute atomic E-state index is 0.232. The smallest absolute Gasteiger partial charge is 0.324 e. The Morgan fingerprint density at radius 2 is 1.62 bits per heavy atom. The molecule has 1 saturated heterocycles. The number of benzene rings is 2. The number of hydrogen-bond acceptors (Lipinski definition) is 6. The maximum atomic E-state index is 13.7. The number of nitrogens with zero attached hydrogens (tertiary/aromatic N) is 3. The predicted molar refractivity (Wildman–Crippen MR) is 134 cm³/mol. The van der Waals surface area contributed by atoms with Gasteiger partial charge in [-0.1, -0.05) is 60.7 Å². The Morgan fingerprint density at radius 3 is 2.24 bits per heavy atom. The molecule has 0 radical (unpaired) electrons. The highest BCUT2D eigenvalue weighted by Gasteiger charge is 2.52. The number of aromatic amines is 1. The average Bonchev–Trinajstić information content (AvgIpc) is 3.42. The van der Waals surface area contributed by atoms with E-state index in [1.54, 1.807) is 13.1 Å². The topological polar surface area (TPSA) is 113 Å². The minimum Gasteiger partial charge on any atom is -0.711 e. The van der Waals surface area contributed by atoms with Gasteiger partial charge in [0.25, 0.3) is 11.6 Å². The Balaban J connectivity index is 1.75. The highest BCUT2D eigenvalue weighted by molar-refractivity contribution is 5.98. The molecule has 1 aliphatic heterocycles. The van der Waals surface area contributed by atoms with Gasteiger partial charge in [0, 0.05) is 33.3 Å². The van der Waals surface area contributed by atoms with Gasteiger partial charge in [-0.25, -0.2) is 9.30 Å². The van der Waals surface area contributed by atoms with Gasteiger partial charge in [-0.05, 0) is 11.1 Å². The number of nitrogens with one attached hydrogen (secondary N) is 1. The van der Waals surface area contributed by atoms with Crippen LogP contribution in [0.4, 0.5) is 0 Å². The van der Waals surface area contributed by atoms with Gasteiger partial charge in [0.1, 0.15) is 23.9 Å². The summed E-state index contributed by atoms with van der Waals surface area (Å²) in [4.78, 5) is 26.8. The zero-order chi connectivity index (χ0) is 26.3. The van der Waals surface area contributed by atoms with Crippen LogP contribution >= 0.6 is 0 Å². The molecule has 1 fully saturated rings. The average molecular weight is 501 g/mol. The summed E-state index contributed by atoms with van der Waals surface area (Å²) in [7, 11) is 0. The van der Waals surface area contributed by atoms with Crippen LogP contribution in [0.25, 0.3) is 11.3 Å². The SMILES string of the molecule is Cc1c(C)[n+]([O-])c(C(c2cn[nH]c2-c2ccccc2)C2C(=O)OC(C)(C)OC2=O)n1Cc1ccccc1. The molecule has 1 N–H and O–H groups in total. The molecule has 0 saturated carbocycles. The molecule has 9 nitrogen and oxygen atoms in total. The minimum atomic E-state index is -1.41. The van der Waals surface area contributed by atoms with Crippen molar-refractivity contribution in [2.45, 2.75) is 45.9 Å². The van der Waals surface area contributed by atoms with E-state index in [0.29, 0.717) is 23.5 Å². The summed E-state index contributed by atoms with van der Waals surface area (Å²) < 4.78 is 13.7. The number of cyclic esters (lactones) is 2. The Hall–Kier alpha value is -4.40. The quantitative estimate of drug-likeness (QED) is 0.187. The van der Waals surface area contributed by atoms with Crippen LogP contribution in [-0.4, -0.2) is 32.5 Å². The van der Waals surface area contributed by atoms with E-state index >= 15 is 0 Å². The Kier molecular flexibility index (Phi) is 6.07. The monoisotopic (exact) mass is 500 g/mol. The molecular formula is C28H28N4O5. The molecule has 37 heavy (non-hydrogen) atoms. The third-order valence-electron chi connectivity index (χ3n) is 6.78. The second-order valence-electron chi connectivity index (χ2n) is 9.66. The van der Waals surface area contributed by atoms with E-state index in [0.717, 1.165) is 21.6 Å². The first-order chi connectivity index (χ1) is 17.7. The first kappa shape index (κ1) is 24.3. The largest absolute Gasteiger partial charge is 0.711 e. The van der Waals surface area contributed by atoms with E-state index in [1.165, 1.54) is 13.8 Å². The number of rotatable bonds is 6. The maximum absolute atomic E-state index is 13.7. The summed E-state index contributed by atoms with van der Waals surface area (Å²) in [5.41, 5.74) is 4.07. The third kappa shape index (κ3) is 4.37. The first-order valence-electron chi connectivity index (χ1n) is 12.1. The van der Waals surface area contributed by atoms with Crippen molar-refractivity contribution >= 4 is 11.9 Å². The van der Waals surface area contributed by atoms with Crippen LogP contribution in [0.1, 0.15) is 48.1 Å². The van der Waals surface area contributed by atoms with Crippen molar-refractivity contribution in [1.29, 1.82) is 0 Å². The normalized spacial score (nSPS) is 16.3. The van der Waals surface area contributed by atoms with Crippen molar-refractivity contribution in [3.05, 3.63) is 100 Å². The molecule has 1 unspecified atom stereocenters. The molecule has 2 aromatic carbocycles. The zero-order valence-electron chi connectivity index (χ0n) is 21.1. The highest BCUT2D eigenvalue weighted by Crippen LogP contribution is 2.41. The number of carbonyl (C=O) groups excluding carboxylic acids is 2. The molecule has 0 bridgehead atoms. The van der Waals surface area contributed by atoms with Gasteiger partial charge in [0.2, 0.25) is 0 Å². The molecule has 3 heterocycles. The fraction of sp³-hybridized carbons (Fsp3) is 0.286. The van der Waals surface area contributed by atoms with Gasteiger partial charge >= 0.3 is 11.9 Å². The fourth-order valence-electron chi connectivity index (χ4n) is 4.89. The lowest BCUT2D eigenvalue weighted by molar-refractivity contribution is -0.621. The molecule has 2 aromatic heterocycles. The molecular weight excluding hydrogens is 472 g/mol. The van der Waals surface area contributed by atoms with Crippen molar-refractivity contribution in [3.63, 3.8) is 0 Å². The summed E-state index contributed by atoms with van der Waals surface area (Å²) in [6.45, 7) is 6.94. The highest BCUT2D eigenvalue weighted by atomic mass is 16.7. The van der Waals surface area contributed by atoms with E-state index in [4.69, 9.17) is 9.47 Å². The lowest BCUT2D eigenvalue weighted by Gasteiger charge is -2.35. The Bertz CT molecular complexity index is 1440. The van der Waals surface area contributed by atoms with Crippen molar-refractivity contribution in [2.24, 2.45) is 5.92 Å². The van der Waals surface area contributed by atoms with Crippen LogP contribution in [-0.2, 0) is 25.6 Å². The maximum Gasteiger partial charge on any atom is 0.324 e. The van der Waals surface area contributed by atoms with Crippen LogP contribution in [0, 0.1) is 25.0 Å². The third-order valence-corrected chi connectivity index (χ3v) is 6.78. The van der Waals surface area contributed by atoms with Crippen LogP contribution in [0.15, 0.2) is 66.9 Å². The number of ether oxygens (including phenoxy) is 2. The summed E-state index contributed by atoms with van der Waals surface area (Å²) in [5.74, 6) is -5.12. The molecule has 4 aromatic rings. The number of H-pyrrole nitrogens is 1. The standard InChI is InChI=1S/C28H28N4O5/c1-17-18(2)32(35)25(31(17)16-19-11-7-5-8-12-19)22(23-26(33)36-28(3,4)37-27(23)34)21-15-29-30-24(21)20-13-9-6-10-14-20/h5-15,22-23H,16H2,1-4H3,(H,29,30). The van der Waals surface area contributed by atoms with E-state index in [9.17, 15) is 14.8 Å². The second kappa shape index (κ2) is 9.24. The fourth-order valence-corrected chi connectivity index (χ4v) is 4.89. The first-order valence-corrected chi connectivity index (χ1v) is 12.1. The van der Waals surface area contributed by atoms with Gasteiger partial charge in [-0.3, -0.25) is 14.7 Å². The van der Waals surface area contributed by atoms with Crippen molar-refractivity contribution in [1.82, 2.24) is 14.8 Å². The number of hydrogen-bond donors (Lipinski definition) is 1. The predicted octanol–water partition coefficient (Wildman–Crippen LogP) is 3.76. The van der Waals surface area contributed by atoms with Gasteiger partial charge in [0.15, 0.2) is 5.92 Å². The Labute approximate surface area is 214 Å². The number of imidazole rings is 1. The molecule has 1 atom stereocenters. The summed E-state index contributed by atoms with van der Waals surface area (Å²) in [5, 5.41) is 21.0. The molecule has 5 rings (SSSR count). The van der Waals surface area contributed by atoms with Gasteiger partial charge in [-0.2, -0.15) is 5.10 Å². The molecule has 1 aliphatic rings. The molecule has 190 valence electrons. The lowest BCUT2D eigenvalue weighted by atomic mass is 9.83. The Morgan fingerprint density at radius 1 is 1.03 bits per heavy atom. The number of carbonyl (C=O) groups is 2. The van der Waals surface area contributed by atoms with Crippen LogP contribution in [0.2, 0.25) is 0 Å². The van der Waals surface area contributed by atoms with E-state index in [1.807, 2.05) is 72.2 Å². The lowest BCUT2D eigenvalue weighted by Crippen LogP contribution is -2.50. The molecule has 0 aliphatic carbocycles. The summed E-state index contributed by atoms with van der Waals surface area (Å²) >= 11 is 0. The molecule has 0 spiro atoms. The van der Waals surface area contributed by atoms with Crippen LogP contribution in [0.5, 0.6) is 0 Å². The zero-order valence-corrected chi connectivity index (χ0v) is 21.1. The van der Waals surface area contributed by atoms with Crippen LogP contribution in [0.3, 0.4) is 0 Å². The van der Waals surface area contributed by atoms with E-state index < -0.39 is 29.6 Å². The van der Waals surface area contributed by atoms with E-state index in [-0.39, 0.29) is 5.82 Å². The van der Waals surface area contributed by atoms with Crippen molar-refractivity contribution in [2.75, 3.05) is 0 Å². The van der Waals surface area contributed by atoms with Gasteiger partial charge < -0.3 is 14.7 Å². The second-order valence-corrected chi connectivity index (χ2v) is 9.66. The summed E-state index contributed by atoms with van der Waals surface area (Å²) in [6, 6.07) is 19.1. The molecule has 0 amide bonds.